The number of rotatable bonds is 1. The summed E-state index contributed by atoms with van der Waals surface area (Å²) in [6.07, 6.45) is 8.67. The molecule has 3 heterocycles. The van der Waals surface area contributed by atoms with Gasteiger partial charge in [0.2, 0.25) is 0 Å². The Morgan fingerprint density at radius 1 is 1.25 bits per heavy atom. The third-order valence-electron chi connectivity index (χ3n) is 3.09. The van der Waals surface area contributed by atoms with Gasteiger partial charge in [0.15, 0.2) is 5.82 Å². The molecule has 2 aromatic rings. The molecule has 84 valence electrons. The van der Waals surface area contributed by atoms with E-state index in [-0.39, 0.29) is 0 Å². The topological polar surface area (TPSA) is 55.1 Å². The molecular formula is C11H15N5. The maximum atomic E-state index is 4.25. The highest BCUT2D eigenvalue weighted by Crippen LogP contribution is 2.21. The van der Waals surface area contributed by atoms with Crippen LogP contribution in [0.1, 0.15) is 37.5 Å². The van der Waals surface area contributed by atoms with Gasteiger partial charge in [-0.25, -0.2) is 4.98 Å². The minimum Gasteiger partial charge on any atom is -0.307 e. The Bertz CT molecular complexity index is 470. The van der Waals surface area contributed by atoms with E-state index in [1.165, 1.54) is 19.3 Å². The molecule has 2 aromatic heterocycles. The number of fused-ring (bicyclic) bond motifs is 1. The van der Waals surface area contributed by atoms with Crippen LogP contribution >= 0.6 is 0 Å². The van der Waals surface area contributed by atoms with Crippen LogP contribution in [-0.2, 0) is 0 Å². The van der Waals surface area contributed by atoms with Crippen LogP contribution in [0, 0.1) is 0 Å². The summed E-state index contributed by atoms with van der Waals surface area (Å²) in [5, 5.41) is 11.9. The number of hydrogen-bond donors (Lipinski definition) is 1. The quantitative estimate of drug-likeness (QED) is 0.783. The Hall–Kier alpha value is -1.49. The van der Waals surface area contributed by atoms with E-state index in [0.717, 1.165) is 18.8 Å². The van der Waals surface area contributed by atoms with Crippen molar-refractivity contribution in [1.82, 2.24) is 24.9 Å². The van der Waals surface area contributed by atoms with E-state index in [9.17, 15) is 0 Å². The highest BCUT2D eigenvalue weighted by molar-refractivity contribution is 5.27. The molecule has 1 aliphatic rings. The van der Waals surface area contributed by atoms with Crippen molar-refractivity contribution in [2.45, 2.75) is 31.7 Å². The van der Waals surface area contributed by atoms with Crippen LogP contribution in [0.15, 0.2) is 18.5 Å². The van der Waals surface area contributed by atoms with Crippen molar-refractivity contribution in [3.63, 3.8) is 0 Å². The number of nitrogens with zero attached hydrogens (tertiary/aromatic N) is 4. The molecule has 1 fully saturated rings. The summed E-state index contributed by atoms with van der Waals surface area (Å²) >= 11 is 0. The molecule has 1 atom stereocenters. The minimum atomic E-state index is 0.321. The molecule has 0 bridgehead atoms. The molecule has 0 spiro atoms. The lowest BCUT2D eigenvalue weighted by molar-refractivity contribution is 0.503. The average molecular weight is 217 g/mol. The van der Waals surface area contributed by atoms with Gasteiger partial charge in [-0.05, 0) is 25.5 Å². The van der Waals surface area contributed by atoms with Crippen molar-refractivity contribution >= 4 is 5.78 Å². The fourth-order valence-electron chi connectivity index (χ4n) is 2.25. The van der Waals surface area contributed by atoms with E-state index >= 15 is 0 Å². The summed E-state index contributed by atoms with van der Waals surface area (Å²) in [5.41, 5.74) is 0. The predicted octanol–water partition coefficient (Wildman–Crippen LogP) is 1.33. The smallest absolute Gasteiger partial charge is 0.254 e. The molecule has 1 saturated heterocycles. The lowest BCUT2D eigenvalue weighted by atomic mass is 10.1. The van der Waals surface area contributed by atoms with Crippen molar-refractivity contribution in [3.8, 4) is 0 Å². The number of nitrogens with one attached hydrogen (secondary N) is 1. The number of hydrogen-bond acceptors (Lipinski definition) is 4. The molecule has 0 aliphatic carbocycles. The van der Waals surface area contributed by atoms with Crippen molar-refractivity contribution < 1.29 is 0 Å². The SMILES string of the molecule is c1cnc2nnc(C3CCCCCN3)n2c1. The van der Waals surface area contributed by atoms with Crippen LogP contribution < -0.4 is 5.32 Å². The van der Waals surface area contributed by atoms with E-state index in [1.807, 2.05) is 16.7 Å². The summed E-state index contributed by atoms with van der Waals surface area (Å²) in [7, 11) is 0. The molecule has 0 aromatic carbocycles. The van der Waals surface area contributed by atoms with Gasteiger partial charge in [-0.15, -0.1) is 10.2 Å². The van der Waals surface area contributed by atoms with Crippen molar-refractivity contribution in [2.75, 3.05) is 6.54 Å². The first-order valence-electron chi connectivity index (χ1n) is 5.84. The van der Waals surface area contributed by atoms with Gasteiger partial charge in [0.25, 0.3) is 5.78 Å². The highest BCUT2D eigenvalue weighted by atomic mass is 15.3. The minimum absolute atomic E-state index is 0.321. The van der Waals surface area contributed by atoms with Gasteiger partial charge in [0.1, 0.15) is 0 Å². The second-order valence-electron chi connectivity index (χ2n) is 4.20. The summed E-state index contributed by atoms with van der Waals surface area (Å²) in [6.45, 7) is 1.07. The molecule has 1 aliphatic heterocycles. The van der Waals surface area contributed by atoms with Crippen LogP contribution in [0.4, 0.5) is 0 Å². The molecule has 5 heteroatoms. The standard InChI is InChI=1S/C11H15N5/c1-2-5-9(12-6-3-1)10-14-15-11-13-7-4-8-16(10)11/h4,7-9,12H,1-3,5-6H2. The molecule has 5 nitrogen and oxygen atoms in total. The third kappa shape index (κ3) is 1.67. The fourth-order valence-corrected chi connectivity index (χ4v) is 2.25. The van der Waals surface area contributed by atoms with Gasteiger partial charge in [-0.1, -0.05) is 12.8 Å². The Morgan fingerprint density at radius 3 is 3.25 bits per heavy atom. The van der Waals surface area contributed by atoms with Crippen LogP contribution in [0.3, 0.4) is 0 Å². The molecule has 0 saturated carbocycles. The summed E-state index contributed by atoms with van der Waals surface area (Å²) < 4.78 is 1.98. The van der Waals surface area contributed by atoms with Gasteiger partial charge in [0, 0.05) is 12.4 Å². The van der Waals surface area contributed by atoms with Crippen molar-refractivity contribution in [2.24, 2.45) is 0 Å². The molecule has 16 heavy (non-hydrogen) atoms. The normalized spacial score (nSPS) is 22.1. The lowest BCUT2D eigenvalue weighted by Crippen LogP contribution is -2.22. The van der Waals surface area contributed by atoms with Gasteiger partial charge in [0.05, 0.1) is 6.04 Å². The van der Waals surface area contributed by atoms with E-state index in [4.69, 9.17) is 0 Å². The van der Waals surface area contributed by atoms with E-state index in [1.54, 1.807) is 6.20 Å². The third-order valence-corrected chi connectivity index (χ3v) is 3.09. The maximum Gasteiger partial charge on any atom is 0.254 e. The second-order valence-corrected chi connectivity index (χ2v) is 4.20. The molecular weight excluding hydrogens is 202 g/mol. The van der Waals surface area contributed by atoms with Crippen LogP contribution in [0.25, 0.3) is 5.78 Å². The van der Waals surface area contributed by atoms with E-state index in [0.29, 0.717) is 11.8 Å². The largest absolute Gasteiger partial charge is 0.307 e. The van der Waals surface area contributed by atoms with Crippen molar-refractivity contribution in [3.05, 3.63) is 24.3 Å². The second kappa shape index (κ2) is 4.17. The average Bonchev–Trinajstić information content (AvgIpc) is 2.57. The van der Waals surface area contributed by atoms with Crippen LogP contribution in [-0.4, -0.2) is 26.1 Å². The van der Waals surface area contributed by atoms with Gasteiger partial charge in [-0.3, -0.25) is 4.40 Å². The van der Waals surface area contributed by atoms with Gasteiger partial charge >= 0.3 is 0 Å². The van der Waals surface area contributed by atoms with Crippen LogP contribution in [0.5, 0.6) is 0 Å². The molecule has 1 N–H and O–H groups in total. The van der Waals surface area contributed by atoms with Gasteiger partial charge in [-0.2, -0.15) is 0 Å². The Labute approximate surface area is 93.9 Å². The van der Waals surface area contributed by atoms with Crippen molar-refractivity contribution in [1.29, 1.82) is 0 Å². The zero-order valence-corrected chi connectivity index (χ0v) is 9.13. The Kier molecular flexibility index (Phi) is 2.53. The maximum absolute atomic E-state index is 4.25. The van der Waals surface area contributed by atoms with E-state index in [2.05, 4.69) is 20.5 Å². The fraction of sp³-hybridized carbons (Fsp3) is 0.545. The summed E-state index contributed by atoms with van der Waals surface area (Å²) in [4.78, 5) is 4.18. The first-order valence-corrected chi connectivity index (χ1v) is 5.84. The van der Waals surface area contributed by atoms with Gasteiger partial charge < -0.3 is 5.32 Å². The zero-order chi connectivity index (χ0) is 10.8. The summed E-state index contributed by atoms with van der Waals surface area (Å²) in [6, 6.07) is 2.23. The monoisotopic (exact) mass is 217 g/mol. The van der Waals surface area contributed by atoms with Crippen LogP contribution in [0.2, 0.25) is 0 Å². The zero-order valence-electron chi connectivity index (χ0n) is 9.13. The Balaban J connectivity index is 1.97. The molecule has 1 unspecified atom stereocenters. The first-order chi connectivity index (χ1) is 7.95. The highest BCUT2D eigenvalue weighted by Gasteiger charge is 2.19. The molecule has 0 amide bonds. The first kappa shape index (κ1) is 9.72. The lowest BCUT2D eigenvalue weighted by Gasteiger charge is -2.13. The van der Waals surface area contributed by atoms with E-state index < -0.39 is 0 Å². The molecule has 0 radical (unpaired) electrons. The number of aromatic nitrogens is 4. The predicted molar refractivity (Wildman–Crippen MR) is 60.0 cm³/mol. The molecule has 3 rings (SSSR count). The summed E-state index contributed by atoms with van der Waals surface area (Å²) in [5.74, 6) is 1.67. The Morgan fingerprint density at radius 2 is 2.25 bits per heavy atom.